The van der Waals surface area contributed by atoms with Crippen molar-refractivity contribution in [2.24, 2.45) is 0 Å². The second-order valence-electron chi connectivity index (χ2n) is 2.34. The molecule has 0 saturated heterocycles. The molecule has 0 aromatic heterocycles. The van der Waals surface area contributed by atoms with Crippen LogP contribution in [0.3, 0.4) is 0 Å². The zero-order valence-electron chi connectivity index (χ0n) is 7.11. The minimum absolute atomic E-state index is 0.488. The van der Waals surface area contributed by atoms with Crippen molar-refractivity contribution >= 4 is 18.4 Å². The Labute approximate surface area is 75.5 Å². The van der Waals surface area contributed by atoms with E-state index in [9.17, 15) is 9.59 Å². The van der Waals surface area contributed by atoms with E-state index in [-0.39, 0.29) is 0 Å². The molecule has 0 radical (unpaired) electrons. The quantitative estimate of drug-likeness (QED) is 0.703. The number of aldehydes is 1. The minimum atomic E-state index is 0.488. The lowest BCUT2D eigenvalue weighted by atomic mass is 10.2. The van der Waals surface area contributed by atoms with Crippen molar-refractivity contribution in [3.63, 3.8) is 0 Å². The third-order valence-electron chi connectivity index (χ3n) is 1.57. The van der Waals surface area contributed by atoms with Gasteiger partial charge in [0.05, 0.1) is 12.8 Å². The predicted molar refractivity (Wildman–Crippen MR) is 48.1 cm³/mol. The number of anilines is 1. The number of methoxy groups -OCH3 is 1. The molecule has 1 aromatic carbocycles. The van der Waals surface area contributed by atoms with Crippen molar-refractivity contribution in [1.29, 1.82) is 0 Å². The van der Waals surface area contributed by atoms with Crippen molar-refractivity contribution in [3.8, 4) is 5.75 Å². The Kier molecular flexibility index (Phi) is 3.03. The lowest BCUT2D eigenvalue weighted by Gasteiger charge is -2.06. The first-order valence-corrected chi connectivity index (χ1v) is 3.65. The Hall–Kier alpha value is -1.84. The number of nitrogens with one attached hydrogen (secondary N) is 1. The van der Waals surface area contributed by atoms with Gasteiger partial charge < -0.3 is 10.1 Å². The Morgan fingerprint density at radius 1 is 1.38 bits per heavy atom. The van der Waals surface area contributed by atoms with Gasteiger partial charge in [0.25, 0.3) is 0 Å². The molecule has 0 aliphatic rings. The van der Waals surface area contributed by atoms with Crippen LogP contribution in [0.15, 0.2) is 18.2 Å². The van der Waals surface area contributed by atoms with Crippen molar-refractivity contribution in [2.75, 3.05) is 12.4 Å². The summed E-state index contributed by atoms with van der Waals surface area (Å²) < 4.78 is 4.96. The second-order valence-corrected chi connectivity index (χ2v) is 2.34. The molecular weight excluding hydrogens is 170 g/mol. The maximum absolute atomic E-state index is 10.4. The zero-order chi connectivity index (χ0) is 9.68. The van der Waals surface area contributed by atoms with Crippen LogP contribution in [0.25, 0.3) is 0 Å². The van der Waals surface area contributed by atoms with Crippen LogP contribution in [0.1, 0.15) is 10.4 Å². The molecule has 0 aliphatic heterocycles. The molecule has 1 aromatic rings. The van der Waals surface area contributed by atoms with E-state index in [1.54, 1.807) is 18.2 Å². The lowest BCUT2D eigenvalue weighted by Crippen LogP contribution is -1.98. The van der Waals surface area contributed by atoms with Gasteiger partial charge in [-0.3, -0.25) is 9.59 Å². The lowest BCUT2D eigenvalue weighted by molar-refractivity contribution is -0.105. The smallest absolute Gasteiger partial charge is 0.211 e. The predicted octanol–water partition coefficient (Wildman–Crippen LogP) is 1.08. The molecule has 1 rings (SSSR count). The summed E-state index contributed by atoms with van der Waals surface area (Å²) in [6, 6.07) is 4.78. The Morgan fingerprint density at radius 3 is 2.69 bits per heavy atom. The summed E-state index contributed by atoms with van der Waals surface area (Å²) in [6.07, 6.45) is 1.24. The molecule has 0 unspecified atom stereocenters. The van der Waals surface area contributed by atoms with Gasteiger partial charge in [-0.05, 0) is 18.2 Å². The number of carbonyl (C=O) groups excluding carboxylic acids is 2. The van der Waals surface area contributed by atoms with Crippen LogP contribution >= 0.6 is 0 Å². The Bertz CT molecular complexity index is 323. The maximum atomic E-state index is 10.4. The third kappa shape index (κ3) is 2.05. The van der Waals surface area contributed by atoms with E-state index in [4.69, 9.17) is 4.74 Å². The molecule has 0 aliphatic carbocycles. The average Bonchev–Trinajstić information content (AvgIpc) is 2.18. The number of amides is 1. The number of hydrogen-bond donors (Lipinski definition) is 1. The maximum Gasteiger partial charge on any atom is 0.211 e. The molecule has 0 saturated carbocycles. The standard InChI is InChI=1S/C9H9NO3/c1-13-9-3-2-7(5-11)4-8(9)10-6-12/h2-6H,1H3,(H,10,12). The van der Waals surface area contributed by atoms with Crippen molar-refractivity contribution in [2.45, 2.75) is 0 Å². The fraction of sp³-hybridized carbons (Fsp3) is 0.111. The molecule has 4 nitrogen and oxygen atoms in total. The summed E-state index contributed by atoms with van der Waals surface area (Å²) in [5.74, 6) is 0.526. The summed E-state index contributed by atoms with van der Waals surface area (Å²) >= 11 is 0. The van der Waals surface area contributed by atoms with Crippen LogP contribution < -0.4 is 10.1 Å². The van der Waals surface area contributed by atoms with E-state index in [0.29, 0.717) is 29.7 Å². The van der Waals surface area contributed by atoms with Crippen molar-refractivity contribution in [1.82, 2.24) is 0 Å². The summed E-state index contributed by atoms with van der Waals surface area (Å²) in [7, 11) is 1.49. The molecule has 0 bridgehead atoms. The third-order valence-corrected chi connectivity index (χ3v) is 1.57. The van der Waals surface area contributed by atoms with E-state index >= 15 is 0 Å². The molecule has 0 atom stereocenters. The van der Waals surface area contributed by atoms with Crippen LogP contribution in [-0.4, -0.2) is 19.8 Å². The van der Waals surface area contributed by atoms with E-state index in [0.717, 1.165) is 0 Å². The van der Waals surface area contributed by atoms with E-state index in [1.165, 1.54) is 7.11 Å². The minimum Gasteiger partial charge on any atom is -0.495 e. The highest BCUT2D eigenvalue weighted by Gasteiger charge is 2.02. The van der Waals surface area contributed by atoms with Crippen molar-refractivity contribution < 1.29 is 14.3 Å². The van der Waals surface area contributed by atoms with Gasteiger partial charge in [0.2, 0.25) is 6.41 Å². The average molecular weight is 179 g/mol. The molecule has 0 spiro atoms. The van der Waals surface area contributed by atoms with Crippen LogP contribution in [0.2, 0.25) is 0 Å². The number of rotatable bonds is 4. The van der Waals surface area contributed by atoms with Crippen molar-refractivity contribution in [3.05, 3.63) is 23.8 Å². The summed E-state index contributed by atoms with van der Waals surface area (Å²) in [6.45, 7) is 0. The summed E-state index contributed by atoms with van der Waals surface area (Å²) in [4.78, 5) is 20.6. The van der Waals surface area contributed by atoms with Gasteiger partial charge in [-0.15, -0.1) is 0 Å². The topological polar surface area (TPSA) is 55.4 Å². The van der Waals surface area contributed by atoms with Crippen LogP contribution in [0.5, 0.6) is 5.75 Å². The van der Waals surface area contributed by atoms with Gasteiger partial charge in [0.15, 0.2) is 0 Å². The second kappa shape index (κ2) is 4.25. The van der Waals surface area contributed by atoms with E-state index < -0.39 is 0 Å². The van der Waals surface area contributed by atoms with Gasteiger partial charge in [-0.2, -0.15) is 0 Å². The fourth-order valence-corrected chi connectivity index (χ4v) is 0.975. The molecule has 1 N–H and O–H groups in total. The number of hydrogen-bond acceptors (Lipinski definition) is 3. The van der Waals surface area contributed by atoms with E-state index in [1.807, 2.05) is 0 Å². The summed E-state index contributed by atoms with van der Waals surface area (Å²) in [5.41, 5.74) is 0.979. The van der Waals surface area contributed by atoms with Crippen LogP contribution in [0.4, 0.5) is 5.69 Å². The van der Waals surface area contributed by atoms with Gasteiger partial charge in [-0.1, -0.05) is 0 Å². The van der Waals surface area contributed by atoms with Gasteiger partial charge in [0, 0.05) is 5.56 Å². The molecule has 4 heteroatoms. The first-order valence-electron chi connectivity index (χ1n) is 3.65. The molecule has 13 heavy (non-hydrogen) atoms. The highest BCUT2D eigenvalue weighted by Crippen LogP contribution is 2.23. The van der Waals surface area contributed by atoms with Gasteiger partial charge in [0.1, 0.15) is 12.0 Å². The molecule has 0 heterocycles. The molecule has 68 valence electrons. The Balaban J connectivity index is 3.08. The van der Waals surface area contributed by atoms with Crippen LogP contribution in [-0.2, 0) is 4.79 Å². The summed E-state index contributed by atoms with van der Waals surface area (Å²) in [5, 5.41) is 2.44. The normalized spacial score (nSPS) is 9.00. The van der Waals surface area contributed by atoms with Gasteiger partial charge >= 0.3 is 0 Å². The molecule has 1 amide bonds. The molecular formula is C9H9NO3. The molecule has 0 fully saturated rings. The number of benzene rings is 1. The highest BCUT2D eigenvalue weighted by molar-refractivity contribution is 5.82. The van der Waals surface area contributed by atoms with Gasteiger partial charge in [-0.25, -0.2) is 0 Å². The van der Waals surface area contributed by atoms with Crippen LogP contribution in [0, 0.1) is 0 Å². The number of carbonyl (C=O) groups is 2. The first kappa shape index (κ1) is 9.25. The fourth-order valence-electron chi connectivity index (χ4n) is 0.975. The zero-order valence-corrected chi connectivity index (χ0v) is 7.11. The Morgan fingerprint density at radius 2 is 2.15 bits per heavy atom. The first-order chi connectivity index (χ1) is 6.31. The number of ether oxygens (including phenoxy) is 1. The van der Waals surface area contributed by atoms with E-state index in [2.05, 4.69) is 5.32 Å². The SMILES string of the molecule is COc1ccc(C=O)cc1NC=O. The monoisotopic (exact) mass is 179 g/mol. The highest BCUT2D eigenvalue weighted by atomic mass is 16.5. The largest absolute Gasteiger partial charge is 0.495 e.